The summed E-state index contributed by atoms with van der Waals surface area (Å²) in [6.07, 6.45) is 3.20. The van der Waals surface area contributed by atoms with Crippen LogP contribution in [0, 0.1) is 0 Å². The van der Waals surface area contributed by atoms with Gasteiger partial charge in [-0.2, -0.15) is 10.2 Å². The fourth-order valence-electron chi connectivity index (χ4n) is 1.25. The largest absolute Gasteiger partial charge is 0.493 e. The van der Waals surface area contributed by atoms with E-state index in [2.05, 4.69) is 20.5 Å². The number of anilines is 1. The smallest absolute Gasteiger partial charge is 0.409 e. The lowest BCUT2D eigenvalue weighted by Crippen LogP contribution is -2.09. The summed E-state index contributed by atoms with van der Waals surface area (Å²) in [5.41, 5.74) is 0.310. The zero-order chi connectivity index (χ0) is 12.3. The maximum atomic E-state index is 10.5. The van der Waals surface area contributed by atoms with Gasteiger partial charge in [-0.05, 0) is 0 Å². The van der Waals surface area contributed by atoms with Crippen LogP contribution in [0.5, 0.6) is 5.75 Å². The van der Waals surface area contributed by atoms with Gasteiger partial charge in [0.1, 0.15) is 0 Å². The van der Waals surface area contributed by atoms with Crippen molar-refractivity contribution in [2.45, 2.75) is 0 Å². The summed E-state index contributed by atoms with van der Waals surface area (Å²) in [6.45, 7) is 0. The number of hydrogen-bond acceptors (Lipinski definition) is 5. The molecule has 8 nitrogen and oxygen atoms in total. The Morgan fingerprint density at radius 2 is 2.18 bits per heavy atom. The first-order chi connectivity index (χ1) is 8.20. The highest BCUT2D eigenvalue weighted by Gasteiger charge is 2.10. The third kappa shape index (κ3) is 2.30. The van der Waals surface area contributed by atoms with Crippen LogP contribution in [0.3, 0.4) is 0 Å². The zero-order valence-corrected chi connectivity index (χ0v) is 8.86. The predicted octanol–water partition coefficient (Wildman–Crippen LogP) is 0.761. The third-order valence-corrected chi connectivity index (χ3v) is 1.91. The van der Waals surface area contributed by atoms with Gasteiger partial charge in [-0.3, -0.25) is 5.32 Å². The van der Waals surface area contributed by atoms with E-state index < -0.39 is 6.09 Å². The molecule has 1 amide bonds. The molecule has 2 rings (SSSR count). The van der Waals surface area contributed by atoms with Crippen LogP contribution in [0.1, 0.15) is 0 Å². The lowest BCUT2D eigenvalue weighted by Gasteiger charge is -2.08. The highest BCUT2D eigenvalue weighted by molar-refractivity contribution is 5.83. The molecule has 2 aromatic rings. The molecule has 2 aromatic heterocycles. The molecule has 0 aromatic carbocycles. The van der Waals surface area contributed by atoms with Crippen molar-refractivity contribution in [1.29, 1.82) is 0 Å². The summed E-state index contributed by atoms with van der Waals surface area (Å²) in [5.74, 6) is 0.751. The second-order valence-corrected chi connectivity index (χ2v) is 3.00. The molecule has 17 heavy (non-hydrogen) atoms. The summed E-state index contributed by atoms with van der Waals surface area (Å²) in [5, 5.41) is 18.6. The van der Waals surface area contributed by atoms with E-state index in [1.165, 1.54) is 36.6 Å². The minimum Gasteiger partial charge on any atom is -0.493 e. The first-order valence-corrected chi connectivity index (χ1v) is 4.61. The fraction of sp³-hybridized carbons (Fsp3) is 0.111. The zero-order valence-electron chi connectivity index (χ0n) is 8.86. The number of methoxy groups -OCH3 is 1. The van der Waals surface area contributed by atoms with Crippen LogP contribution in [0.25, 0.3) is 5.82 Å². The van der Waals surface area contributed by atoms with E-state index >= 15 is 0 Å². The Kier molecular flexibility index (Phi) is 2.86. The maximum absolute atomic E-state index is 10.5. The van der Waals surface area contributed by atoms with Crippen molar-refractivity contribution in [3.05, 3.63) is 24.7 Å². The standard InChI is InChI=1S/C9H9N5O3/c1-17-7-4-6(13-9(15)16)5-10-8(7)14-11-2-3-12-14/h2-5,13H,1H3,(H,15,16). The van der Waals surface area contributed by atoms with Gasteiger partial charge >= 0.3 is 6.09 Å². The Morgan fingerprint density at radius 1 is 1.47 bits per heavy atom. The Balaban J connectivity index is 2.38. The van der Waals surface area contributed by atoms with Crippen molar-refractivity contribution in [2.75, 3.05) is 12.4 Å². The van der Waals surface area contributed by atoms with E-state index in [4.69, 9.17) is 9.84 Å². The van der Waals surface area contributed by atoms with Crippen molar-refractivity contribution in [2.24, 2.45) is 0 Å². The van der Waals surface area contributed by atoms with E-state index in [9.17, 15) is 4.79 Å². The molecule has 0 saturated carbocycles. The molecular formula is C9H9N5O3. The average molecular weight is 235 g/mol. The number of aromatic nitrogens is 4. The number of carbonyl (C=O) groups is 1. The van der Waals surface area contributed by atoms with Gasteiger partial charge in [0.05, 0.1) is 31.4 Å². The number of pyridine rings is 1. The van der Waals surface area contributed by atoms with Crippen LogP contribution in [-0.2, 0) is 0 Å². The molecule has 0 aliphatic rings. The molecule has 2 N–H and O–H groups in total. The van der Waals surface area contributed by atoms with Crippen LogP contribution >= 0.6 is 0 Å². The molecule has 0 unspecified atom stereocenters. The summed E-state index contributed by atoms with van der Waals surface area (Å²) < 4.78 is 5.10. The molecule has 88 valence electrons. The second-order valence-electron chi connectivity index (χ2n) is 3.00. The quantitative estimate of drug-likeness (QED) is 0.814. The predicted molar refractivity (Wildman–Crippen MR) is 57.4 cm³/mol. The first kappa shape index (κ1) is 10.9. The van der Waals surface area contributed by atoms with Crippen molar-refractivity contribution in [3.8, 4) is 11.6 Å². The van der Waals surface area contributed by atoms with E-state index in [1.807, 2.05) is 0 Å². The molecule has 8 heteroatoms. The van der Waals surface area contributed by atoms with Gasteiger partial charge in [-0.15, -0.1) is 4.80 Å². The lowest BCUT2D eigenvalue weighted by atomic mass is 10.4. The lowest BCUT2D eigenvalue weighted by molar-refractivity contribution is 0.209. The Bertz CT molecular complexity index is 525. The Hall–Kier alpha value is -2.64. The van der Waals surface area contributed by atoms with E-state index in [1.54, 1.807) is 0 Å². The van der Waals surface area contributed by atoms with Crippen molar-refractivity contribution in [1.82, 2.24) is 20.0 Å². The number of amides is 1. The summed E-state index contributed by atoms with van der Waals surface area (Å²) in [6, 6.07) is 1.50. The fourth-order valence-corrected chi connectivity index (χ4v) is 1.25. The van der Waals surface area contributed by atoms with E-state index in [0.717, 1.165) is 0 Å². The molecule has 2 heterocycles. The molecule has 0 aliphatic heterocycles. The SMILES string of the molecule is COc1cc(NC(=O)O)cnc1-n1nccn1. The molecule has 0 atom stereocenters. The van der Waals surface area contributed by atoms with Crippen molar-refractivity contribution >= 4 is 11.8 Å². The van der Waals surface area contributed by atoms with E-state index in [-0.39, 0.29) is 0 Å². The molecule has 0 aliphatic carbocycles. The van der Waals surface area contributed by atoms with Gasteiger partial charge in [0.2, 0.25) is 5.82 Å². The summed E-state index contributed by atoms with van der Waals surface area (Å²) in [7, 11) is 1.45. The Morgan fingerprint density at radius 3 is 2.76 bits per heavy atom. The van der Waals surface area contributed by atoms with Gasteiger partial charge in [-0.1, -0.05) is 0 Å². The minimum absolute atomic E-state index is 0.310. The number of nitrogens with one attached hydrogen (secondary N) is 1. The average Bonchev–Trinajstić information content (AvgIpc) is 2.81. The van der Waals surface area contributed by atoms with Crippen LogP contribution in [0.2, 0.25) is 0 Å². The minimum atomic E-state index is -1.17. The van der Waals surface area contributed by atoms with Crippen LogP contribution in [0.15, 0.2) is 24.7 Å². The maximum Gasteiger partial charge on any atom is 0.409 e. The van der Waals surface area contributed by atoms with Gasteiger partial charge in [0, 0.05) is 6.07 Å². The molecular weight excluding hydrogens is 226 g/mol. The van der Waals surface area contributed by atoms with Gasteiger partial charge in [0.25, 0.3) is 0 Å². The molecule has 0 bridgehead atoms. The van der Waals surface area contributed by atoms with Gasteiger partial charge in [0.15, 0.2) is 5.75 Å². The Labute approximate surface area is 95.9 Å². The van der Waals surface area contributed by atoms with Crippen LogP contribution in [-0.4, -0.2) is 38.3 Å². The number of hydrogen-bond donors (Lipinski definition) is 2. The molecule has 0 radical (unpaired) electrons. The second kappa shape index (κ2) is 4.47. The van der Waals surface area contributed by atoms with Crippen LogP contribution < -0.4 is 10.1 Å². The third-order valence-electron chi connectivity index (χ3n) is 1.91. The van der Waals surface area contributed by atoms with Gasteiger partial charge in [-0.25, -0.2) is 9.78 Å². The van der Waals surface area contributed by atoms with E-state index in [0.29, 0.717) is 17.3 Å². The summed E-state index contributed by atoms with van der Waals surface area (Å²) in [4.78, 5) is 15.8. The highest BCUT2D eigenvalue weighted by atomic mass is 16.5. The normalized spacial score (nSPS) is 9.94. The number of nitrogens with zero attached hydrogens (tertiary/aromatic N) is 4. The number of rotatable bonds is 3. The van der Waals surface area contributed by atoms with Crippen molar-refractivity contribution < 1.29 is 14.6 Å². The number of ether oxygens (including phenoxy) is 1. The molecule has 0 saturated heterocycles. The first-order valence-electron chi connectivity index (χ1n) is 4.61. The number of carboxylic acid groups (broad SMARTS) is 1. The topological polar surface area (TPSA) is 102 Å². The van der Waals surface area contributed by atoms with Crippen LogP contribution in [0.4, 0.5) is 10.5 Å². The molecule has 0 spiro atoms. The highest BCUT2D eigenvalue weighted by Crippen LogP contribution is 2.22. The molecule has 0 fully saturated rings. The van der Waals surface area contributed by atoms with Crippen molar-refractivity contribution in [3.63, 3.8) is 0 Å². The monoisotopic (exact) mass is 235 g/mol. The summed E-state index contributed by atoms with van der Waals surface area (Å²) >= 11 is 0. The van der Waals surface area contributed by atoms with Gasteiger partial charge < -0.3 is 9.84 Å².